The van der Waals surface area contributed by atoms with Crippen LogP contribution in [0, 0.1) is 0 Å². The van der Waals surface area contributed by atoms with E-state index < -0.39 is 21.5 Å². The molecule has 0 spiro atoms. The Hall–Kier alpha value is 1.51. The van der Waals surface area contributed by atoms with Crippen molar-refractivity contribution in [2.45, 2.75) is 147 Å². The number of aliphatic hydroxyl groups excluding tert-OH is 1. The van der Waals surface area contributed by atoms with Gasteiger partial charge in [0, 0.05) is 5.25 Å². The first-order valence-electron chi connectivity index (χ1n) is 12.0. The molecule has 29 heavy (non-hydrogen) atoms. The molecule has 0 radical (unpaired) electrons. The Labute approximate surface area is 224 Å². The minimum absolute atomic E-state index is 0. The summed E-state index contributed by atoms with van der Waals surface area (Å²) < 4.78 is 34.4. The molecule has 0 fully saturated rings. The van der Waals surface area contributed by atoms with E-state index in [9.17, 15) is 18.1 Å². The van der Waals surface area contributed by atoms with Crippen LogP contribution in [0.5, 0.6) is 0 Å². The van der Waals surface area contributed by atoms with E-state index in [0.717, 1.165) is 51.4 Å². The van der Waals surface area contributed by atoms with Gasteiger partial charge in [0.2, 0.25) is 0 Å². The molecule has 0 saturated heterocycles. The molecule has 4 nitrogen and oxygen atoms in total. The molecule has 0 aromatic carbocycles. The Kier molecular flexibility index (Phi) is 25.6. The number of hydrogen-bond acceptors (Lipinski definition) is 4. The molecular formula is C23H47KO4S. The predicted molar refractivity (Wildman–Crippen MR) is 119 cm³/mol. The molecule has 170 valence electrons. The average molecular weight is 459 g/mol. The largest absolute Gasteiger partial charge is 1.00 e. The van der Waals surface area contributed by atoms with Gasteiger partial charge in [-0.2, -0.15) is 0 Å². The van der Waals surface area contributed by atoms with Gasteiger partial charge in [-0.25, -0.2) is 8.42 Å². The first-order valence-corrected chi connectivity index (χ1v) is 13.5. The minimum atomic E-state index is -4.26. The summed E-state index contributed by atoms with van der Waals surface area (Å²) in [5.74, 6) is 0. The van der Waals surface area contributed by atoms with Crippen LogP contribution in [0.25, 0.3) is 0 Å². The van der Waals surface area contributed by atoms with Gasteiger partial charge in [-0.05, 0) is 25.7 Å². The summed E-state index contributed by atoms with van der Waals surface area (Å²) in [7, 11) is -4.26. The summed E-state index contributed by atoms with van der Waals surface area (Å²) in [6.45, 7) is 4.38. The normalized spacial score (nSPS) is 13.8. The van der Waals surface area contributed by atoms with Crippen LogP contribution in [-0.2, 0) is 10.1 Å². The van der Waals surface area contributed by atoms with Crippen LogP contribution in [0.15, 0.2) is 0 Å². The quantitative estimate of drug-likeness (QED) is 0.162. The second-order valence-corrected chi connectivity index (χ2v) is 10.2. The van der Waals surface area contributed by atoms with Gasteiger partial charge < -0.3 is 9.66 Å². The van der Waals surface area contributed by atoms with Crippen LogP contribution < -0.4 is 51.4 Å². The van der Waals surface area contributed by atoms with Crippen LogP contribution in [0.1, 0.15) is 136 Å². The minimum Gasteiger partial charge on any atom is -0.748 e. The van der Waals surface area contributed by atoms with E-state index in [4.69, 9.17) is 0 Å². The summed E-state index contributed by atoms with van der Waals surface area (Å²) >= 11 is 0. The molecule has 0 saturated carbocycles. The third-order valence-corrected chi connectivity index (χ3v) is 7.04. The van der Waals surface area contributed by atoms with Crippen molar-refractivity contribution in [1.82, 2.24) is 0 Å². The summed E-state index contributed by atoms with van der Waals surface area (Å²) in [6.07, 6.45) is 19.2. The topological polar surface area (TPSA) is 77.4 Å². The molecule has 6 heteroatoms. The maximum atomic E-state index is 11.5. The fraction of sp³-hybridized carbons (Fsp3) is 1.00. The molecular weight excluding hydrogens is 411 g/mol. The Bertz CT molecular complexity index is 429. The second-order valence-electron chi connectivity index (χ2n) is 8.52. The van der Waals surface area contributed by atoms with Crippen molar-refractivity contribution >= 4 is 10.1 Å². The molecule has 0 heterocycles. The van der Waals surface area contributed by atoms with Gasteiger partial charge in [0.1, 0.15) is 0 Å². The van der Waals surface area contributed by atoms with Crippen LogP contribution in [0.3, 0.4) is 0 Å². The zero-order chi connectivity index (χ0) is 21.1. The van der Waals surface area contributed by atoms with E-state index in [-0.39, 0.29) is 51.4 Å². The maximum absolute atomic E-state index is 11.5. The number of unbranched alkanes of at least 4 members (excludes halogenated alkanes) is 13. The van der Waals surface area contributed by atoms with Gasteiger partial charge in [-0.1, -0.05) is 110 Å². The zero-order valence-electron chi connectivity index (χ0n) is 19.7. The van der Waals surface area contributed by atoms with Crippen LogP contribution in [-0.4, -0.2) is 29.4 Å². The van der Waals surface area contributed by atoms with Crippen molar-refractivity contribution in [2.24, 2.45) is 0 Å². The first kappa shape index (κ1) is 32.7. The van der Waals surface area contributed by atoms with Crippen molar-refractivity contribution in [3.05, 3.63) is 0 Å². The fourth-order valence-corrected chi connectivity index (χ4v) is 4.68. The molecule has 0 aliphatic heterocycles. The van der Waals surface area contributed by atoms with Crippen molar-refractivity contribution in [3.63, 3.8) is 0 Å². The molecule has 2 unspecified atom stereocenters. The summed E-state index contributed by atoms with van der Waals surface area (Å²) in [4.78, 5) is 0. The first-order chi connectivity index (χ1) is 13.4. The Morgan fingerprint density at radius 2 is 1.00 bits per heavy atom. The van der Waals surface area contributed by atoms with Gasteiger partial charge in [-0.3, -0.25) is 0 Å². The Balaban J connectivity index is 0. The molecule has 0 aliphatic rings. The number of aliphatic hydroxyl groups is 1. The van der Waals surface area contributed by atoms with E-state index in [2.05, 4.69) is 13.8 Å². The maximum Gasteiger partial charge on any atom is 1.00 e. The molecule has 0 bridgehead atoms. The zero-order valence-corrected chi connectivity index (χ0v) is 23.6. The monoisotopic (exact) mass is 458 g/mol. The number of rotatable bonds is 21. The van der Waals surface area contributed by atoms with E-state index in [1.54, 1.807) is 0 Å². The number of hydrogen-bond donors (Lipinski definition) is 1. The molecule has 0 aromatic rings. The fourth-order valence-electron chi connectivity index (χ4n) is 3.80. The molecule has 0 aliphatic carbocycles. The second kappa shape index (κ2) is 22.7. The van der Waals surface area contributed by atoms with E-state index in [1.165, 1.54) is 51.4 Å². The summed E-state index contributed by atoms with van der Waals surface area (Å²) in [6, 6.07) is 0. The van der Waals surface area contributed by atoms with Crippen LogP contribution >= 0.6 is 0 Å². The summed E-state index contributed by atoms with van der Waals surface area (Å²) in [5.41, 5.74) is 0. The smallest absolute Gasteiger partial charge is 0.748 e. The van der Waals surface area contributed by atoms with Gasteiger partial charge in [0.05, 0.1) is 16.2 Å². The van der Waals surface area contributed by atoms with Gasteiger partial charge in [0.15, 0.2) is 0 Å². The Morgan fingerprint density at radius 1 is 0.621 bits per heavy atom. The Morgan fingerprint density at radius 3 is 1.41 bits per heavy atom. The third-order valence-electron chi connectivity index (χ3n) is 5.75. The van der Waals surface area contributed by atoms with Crippen molar-refractivity contribution in [3.8, 4) is 0 Å². The molecule has 1 N–H and O–H groups in total. The molecule has 2 atom stereocenters. The van der Waals surface area contributed by atoms with E-state index >= 15 is 0 Å². The summed E-state index contributed by atoms with van der Waals surface area (Å²) in [5, 5.41) is 9.31. The molecule has 0 rings (SSSR count). The van der Waals surface area contributed by atoms with E-state index in [0.29, 0.717) is 19.3 Å². The standard InChI is InChI=1S/C23H48O4S.K/c1-3-5-7-9-10-11-12-13-15-16-18-22(24)20-21-23(28(25,26)27)19-17-14-8-6-4-2;/h22-24H,3-21H2,1-2H3,(H,25,26,27);/q;+1/p-1. The van der Waals surface area contributed by atoms with Crippen LogP contribution in [0.2, 0.25) is 0 Å². The molecule has 0 aromatic heterocycles. The SMILES string of the molecule is CCCCCCCCCCCCC(O)CCC(CCCCCCC)S(=O)(=O)[O-].[K+]. The van der Waals surface area contributed by atoms with Crippen molar-refractivity contribution in [1.29, 1.82) is 0 Å². The van der Waals surface area contributed by atoms with Crippen molar-refractivity contribution < 1.29 is 69.5 Å². The average Bonchev–Trinajstić information content (AvgIpc) is 2.64. The predicted octanol–water partition coefficient (Wildman–Crippen LogP) is 3.72. The van der Waals surface area contributed by atoms with E-state index in [1.807, 2.05) is 0 Å². The van der Waals surface area contributed by atoms with Gasteiger partial charge in [-0.15, -0.1) is 0 Å². The van der Waals surface area contributed by atoms with Gasteiger partial charge in [0.25, 0.3) is 0 Å². The van der Waals surface area contributed by atoms with Crippen molar-refractivity contribution in [2.75, 3.05) is 0 Å². The van der Waals surface area contributed by atoms with Gasteiger partial charge >= 0.3 is 51.4 Å². The molecule has 0 amide bonds. The van der Waals surface area contributed by atoms with Crippen LogP contribution in [0.4, 0.5) is 0 Å². The third kappa shape index (κ3) is 22.5.